The summed E-state index contributed by atoms with van der Waals surface area (Å²) in [5, 5.41) is 2.38. The zero-order valence-corrected chi connectivity index (χ0v) is 13.7. The fourth-order valence-corrected chi connectivity index (χ4v) is 2.20. The Bertz CT molecular complexity index is 948. The topological polar surface area (TPSA) is 60.5 Å². The molecule has 3 aromatic rings. The third-order valence-corrected chi connectivity index (χ3v) is 3.45. The lowest BCUT2D eigenvalue weighted by atomic mass is 10.2. The summed E-state index contributed by atoms with van der Waals surface area (Å²) in [7, 11) is 1.52. The van der Waals surface area contributed by atoms with Crippen LogP contribution in [0.5, 0.6) is 17.4 Å². The molecule has 0 aliphatic heterocycles. The number of benzene rings is 2. The Morgan fingerprint density at radius 3 is 2.62 bits per heavy atom. The number of ether oxygens (including phenoxy) is 2. The van der Waals surface area contributed by atoms with Crippen molar-refractivity contribution in [1.82, 2.24) is 4.98 Å². The first-order chi connectivity index (χ1) is 12.6. The smallest absolute Gasteiger partial charge is 0.261 e. The van der Waals surface area contributed by atoms with Gasteiger partial charge in [-0.15, -0.1) is 0 Å². The molecule has 7 heteroatoms. The largest absolute Gasteiger partial charge is 0.497 e. The normalized spacial score (nSPS) is 10.3. The number of halogens is 2. The van der Waals surface area contributed by atoms with E-state index in [1.807, 2.05) is 0 Å². The number of anilines is 1. The molecule has 0 aliphatic rings. The van der Waals surface area contributed by atoms with E-state index < -0.39 is 17.5 Å². The lowest BCUT2D eigenvalue weighted by Gasteiger charge is -2.11. The van der Waals surface area contributed by atoms with E-state index in [0.29, 0.717) is 17.6 Å². The maximum Gasteiger partial charge on any atom is 0.261 e. The first-order valence-electron chi connectivity index (χ1n) is 7.60. The summed E-state index contributed by atoms with van der Waals surface area (Å²) >= 11 is 0. The molecular weight excluding hydrogens is 342 g/mol. The van der Waals surface area contributed by atoms with Crippen LogP contribution in [0.4, 0.5) is 14.5 Å². The molecule has 0 aliphatic carbocycles. The molecule has 26 heavy (non-hydrogen) atoms. The van der Waals surface area contributed by atoms with Crippen LogP contribution in [0.1, 0.15) is 10.4 Å². The van der Waals surface area contributed by atoms with Crippen molar-refractivity contribution in [3.8, 4) is 17.4 Å². The average molecular weight is 356 g/mol. The Kier molecular flexibility index (Phi) is 5.07. The second-order valence-corrected chi connectivity index (χ2v) is 5.22. The van der Waals surface area contributed by atoms with E-state index in [0.717, 1.165) is 12.1 Å². The van der Waals surface area contributed by atoms with Crippen LogP contribution in [0.2, 0.25) is 0 Å². The molecule has 132 valence electrons. The summed E-state index contributed by atoms with van der Waals surface area (Å²) in [4.78, 5) is 16.5. The number of hydrogen-bond donors (Lipinski definition) is 1. The number of nitrogens with one attached hydrogen (secondary N) is 1. The number of rotatable bonds is 5. The highest BCUT2D eigenvalue weighted by molar-refractivity contribution is 6.05. The number of methoxy groups -OCH3 is 1. The fraction of sp³-hybridized carbons (Fsp3) is 0.0526. The molecule has 1 aromatic heterocycles. The van der Waals surface area contributed by atoms with Crippen LogP contribution in [0, 0.1) is 11.6 Å². The van der Waals surface area contributed by atoms with Crippen molar-refractivity contribution < 1.29 is 23.0 Å². The maximum absolute atomic E-state index is 13.7. The van der Waals surface area contributed by atoms with E-state index in [4.69, 9.17) is 9.47 Å². The van der Waals surface area contributed by atoms with Gasteiger partial charge >= 0.3 is 0 Å². The molecular formula is C19H14F2N2O3. The highest BCUT2D eigenvalue weighted by atomic mass is 19.1. The minimum Gasteiger partial charge on any atom is -0.497 e. The number of nitrogens with zero attached hydrogens (tertiary/aromatic N) is 1. The molecule has 0 radical (unpaired) electrons. The quantitative estimate of drug-likeness (QED) is 0.735. The third-order valence-electron chi connectivity index (χ3n) is 3.45. The van der Waals surface area contributed by atoms with Gasteiger partial charge in [0.15, 0.2) is 0 Å². The number of carbonyl (C=O) groups excluding carboxylic acids is 1. The molecule has 0 saturated heterocycles. The zero-order chi connectivity index (χ0) is 18.5. The van der Waals surface area contributed by atoms with Gasteiger partial charge in [-0.25, -0.2) is 13.8 Å². The molecule has 1 heterocycles. The van der Waals surface area contributed by atoms with Crippen molar-refractivity contribution in [2.75, 3.05) is 12.4 Å². The van der Waals surface area contributed by atoms with Crippen molar-refractivity contribution >= 4 is 11.6 Å². The number of aromatic nitrogens is 1. The van der Waals surface area contributed by atoms with E-state index >= 15 is 0 Å². The van der Waals surface area contributed by atoms with Gasteiger partial charge in [-0.1, -0.05) is 6.07 Å². The van der Waals surface area contributed by atoms with E-state index in [2.05, 4.69) is 10.3 Å². The van der Waals surface area contributed by atoms with Gasteiger partial charge in [-0.3, -0.25) is 4.79 Å². The van der Waals surface area contributed by atoms with Gasteiger partial charge in [0.25, 0.3) is 5.91 Å². The van der Waals surface area contributed by atoms with Crippen molar-refractivity contribution in [2.24, 2.45) is 0 Å². The van der Waals surface area contributed by atoms with Gasteiger partial charge < -0.3 is 14.8 Å². The van der Waals surface area contributed by atoms with Crippen LogP contribution in [0.3, 0.4) is 0 Å². The average Bonchev–Trinajstić information content (AvgIpc) is 2.64. The number of pyridine rings is 1. The zero-order valence-electron chi connectivity index (χ0n) is 13.7. The molecule has 0 fully saturated rings. The van der Waals surface area contributed by atoms with E-state index in [9.17, 15) is 13.6 Å². The highest BCUT2D eigenvalue weighted by Gasteiger charge is 2.16. The lowest BCUT2D eigenvalue weighted by molar-refractivity contribution is 0.102. The molecule has 0 spiro atoms. The van der Waals surface area contributed by atoms with Crippen LogP contribution in [-0.4, -0.2) is 18.0 Å². The van der Waals surface area contributed by atoms with Crippen LogP contribution in [0.25, 0.3) is 0 Å². The van der Waals surface area contributed by atoms with E-state index in [1.165, 1.54) is 19.4 Å². The lowest BCUT2D eigenvalue weighted by Crippen LogP contribution is -2.14. The predicted molar refractivity (Wildman–Crippen MR) is 91.6 cm³/mol. The molecule has 3 rings (SSSR count). The minimum absolute atomic E-state index is 0.0424. The predicted octanol–water partition coefficient (Wildman–Crippen LogP) is 4.41. The molecule has 0 atom stereocenters. The van der Waals surface area contributed by atoms with Crippen LogP contribution in [0.15, 0.2) is 60.8 Å². The van der Waals surface area contributed by atoms with Gasteiger partial charge in [0.2, 0.25) is 5.88 Å². The molecule has 2 aromatic carbocycles. The number of carbonyl (C=O) groups is 1. The molecule has 0 unspecified atom stereocenters. The Morgan fingerprint density at radius 1 is 1.04 bits per heavy atom. The van der Waals surface area contributed by atoms with Gasteiger partial charge in [-0.2, -0.15) is 0 Å². The second kappa shape index (κ2) is 7.60. The molecule has 1 amide bonds. The SMILES string of the molecule is COc1cccc(Oc2ncccc2C(=O)Nc2ccc(F)cc2F)c1. The summed E-state index contributed by atoms with van der Waals surface area (Å²) in [5.41, 5.74) is -0.0494. The van der Waals surface area contributed by atoms with Crippen LogP contribution in [-0.2, 0) is 0 Å². The van der Waals surface area contributed by atoms with Crippen molar-refractivity contribution in [3.63, 3.8) is 0 Å². The van der Waals surface area contributed by atoms with Crippen LogP contribution >= 0.6 is 0 Å². The van der Waals surface area contributed by atoms with E-state index in [-0.39, 0.29) is 17.1 Å². The minimum atomic E-state index is -0.877. The van der Waals surface area contributed by atoms with Gasteiger partial charge in [-0.05, 0) is 36.4 Å². The summed E-state index contributed by atoms with van der Waals surface area (Å²) in [6.45, 7) is 0. The van der Waals surface area contributed by atoms with Crippen molar-refractivity contribution in [2.45, 2.75) is 0 Å². The van der Waals surface area contributed by atoms with E-state index in [1.54, 1.807) is 30.3 Å². The summed E-state index contributed by atoms with van der Waals surface area (Å²) in [6.07, 6.45) is 1.46. The third kappa shape index (κ3) is 3.94. The molecule has 0 saturated carbocycles. The monoisotopic (exact) mass is 356 g/mol. The van der Waals surface area contributed by atoms with Crippen molar-refractivity contribution in [1.29, 1.82) is 0 Å². The maximum atomic E-state index is 13.7. The van der Waals surface area contributed by atoms with Gasteiger partial charge in [0.1, 0.15) is 28.7 Å². The summed E-state index contributed by atoms with van der Waals surface area (Å²) in [6, 6.07) is 12.7. The van der Waals surface area contributed by atoms with Gasteiger partial charge in [0, 0.05) is 18.3 Å². The number of hydrogen-bond acceptors (Lipinski definition) is 4. The van der Waals surface area contributed by atoms with Crippen LogP contribution < -0.4 is 14.8 Å². The fourth-order valence-electron chi connectivity index (χ4n) is 2.20. The summed E-state index contributed by atoms with van der Waals surface area (Å²) in [5.74, 6) is -1.20. The molecule has 5 nitrogen and oxygen atoms in total. The Morgan fingerprint density at radius 2 is 1.85 bits per heavy atom. The summed E-state index contributed by atoms with van der Waals surface area (Å²) < 4.78 is 37.5. The number of amides is 1. The second-order valence-electron chi connectivity index (χ2n) is 5.22. The first-order valence-corrected chi connectivity index (χ1v) is 7.60. The molecule has 1 N–H and O–H groups in total. The molecule has 0 bridgehead atoms. The van der Waals surface area contributed by atoms with Gasteiger partial charge in [0.05, 0.1) is 12.8 Å². The standard InChI is InChI=1S/C19H14F2N2O3/c1-25-13-4-2-5-14(11-13)26-19-15(6-3-9-22-19)18(24)23-17-8-7-12(20)10-16(17)21/h2-11H,1H3,(H,23,24). The highest BCUT2D eigenvalue weighted by Crippen LogP contribution is 2.27. The Hall–Kier alpha value is -3.48. The van der Waals surface area contributed by atoms with Crippen molar-refractivity contribution in [3.05, 3.63) is 78.0 Å². The first kappa shape index (κ1) is 17.3. The Balaban J connectivity index is 1.85. The Labute approximate surface area is 148 Å².